The number of benzene rings is 1. The van der Waals surface area contributed by atoms with Crippen molar-refractivity contribution in [3.8, 4) is 5.75 Å². The summed E-state index contributed by atoms with van der Waals surface area (Å²) in [5.74, 6) is -4.42. The lowest BCUT2D eigenvalue weighted by Gasteiger charge is -2.23. The number of rotatable bonds is 7. The number of aromatic nitrogens is 1. The standard InChI is InChI=1S/C21H23F2N3O5/c1-21(10-29-2)9-13(12-4-5-14(22)16(23)17(12)30-3)18(31-21)20(28)26-11-6-7-25-15(8-11)19(24)27/h4-8,13,18H,9-10H2,1-3H3,(H2,24,27)(H,25,26,28)/t13-,18+,21-/m0/s1. The number of carbonyl (C=O) groups is 2. The van der Waals surface area contributed by atoms with E-state index in [1.165, 1.54) is 38.6 Å². The summed E-state index contributed by atoms with van der Waals surface area (Å²) in [6.07, 6.45) is 0.559. The number of carbonyl (C=O) groups excluding carboxylic acids is 2. The van der Waals surface area contributed by atoms with Crippen LogP contribution in [0.2, 0.25) is 0 Å². The SMILES string of the molecule is COC[C@]1(C)C[C@@H](c2ccc(F)c(F)c2OC)[C@H](C(=O)Nc2ccnc(C(N)=O)c2)O1. The van der Waals surface area contributed by atoms with Gasteiger partial charge < -0.3 is 25.3 Å². The molecule has 0 spiro atoms. The third-order valence-electron chi connectivity index (χ3n) is 5.10. The number of anilines is 1. The van der Waals surface area contributed by atoms with Crippen LogP contribution in [0.5, 0.6) is 5.75 Å². The minimum absolute atomic E-state index is 0.0202. The molecule has 2 amide bonds. The fourth-order valence-corrected chi connectivity index (χ4v) is 3.82. The van der Waals surface area contributed by atoms with Crippen LogP contribution in [-0.2, 0) is 14.3 Å². The van der Waals surface area contributed by atoms with E-state index in [0.717, 1.165) is 6.07 Å². The predicted molar refractivity (Wildman–Crippen MR) is 107 cm³/mol. The second-order valence-electron chi connectivity index (χ2n) is 7.50. The average molecular weight is 435 g/mol. The minimum Gasteiger partial charge on any atom is -0.493 e. The predicted octanol–water partition coefficient (Wildman–Crippen LogP) is 2.38. The van der Waals surface area contributed by atoms with E-state index in [9.17, 15) is 18.4 Å². The van der Waals surface area contributed by atoms with Crippen molar-refractivity contribution < 1.29 is 32.6 Å². The Bertz CT molecular complexity index is 1000. The number of nitrogens with two attached hydrogens (primary N) is 1. The van der Waals surface area contributed by atoms with Crippen LogP contribution in [0, 0.1) is 11.6 Å². The smallest absolute Gasteiger partial charge is 0.267 e. The van der Waals surface area contributed by atoms with Crippen molar-refractivity contribution in [2.75, 3.05) is 26.1 Å². The highest BCUT2D eigenvalue weighted by Gasteiger charge is 2.48. The van der Waals surface area contributed by atoms with E-state index < -0.39 is 41.1 Å². The molecule has 1 saturated heterocycles. The highest BCUT2D eigenvalue weighted by molar-refractivity contribution is 5.97. The number of nitrogens with zero attached hydrogens (tertiary/aromatic N) is 1. The first-order valence-corrected chi connectivity index (χ1v) is 9.44. The van der Waals surface area contributed by atoms with E-state index in [-0.39, 0.29) is 23.7 Å². The molecule has 0 bridgehead atoms. The molecule has 3 N–H and O–H groups in total. The molecule has 1 aliphatic rings. The van der Waals surface area contributed by atoms with Crippen molar-refractivity contribution in [2.24, 2.45) is 5.73 Å². The molecular formula is C21H23F2N3O5. The van der Waals surface area contributed by atoms with Gasteiger partial charge in [0.25, 0.3) is 11.8 Å². The maximum Gasteiger partial charge on any atom is 0.267 e. The molecule has 3 rings (SSSR count). The Morgan fingerprint density at radius 3 is 2.71 bits per heavy atom. The van der Waals surface area contributed by atoms with Gasteiger partial charge in [-0.05, 0) is 31.5 Å². The highest BCUT2D eigenvalue weighted by Crippen LogP contribution is 2.45. The van der Waals surface area contributed by atoms with Crippen molar-refractivity contribution in [3.05, 3.63) is 53.4 Å². The van der Waals surface area contributed by atoms with Crippen LogP contribution in [0.1, 0.15) is 35.3 Å². The van der Waals surface area contributed by atoms with E-state index >= 15 is 0 Å². The van der Waals surface area contributed by atoms with E-state index in [1.54, 1.807) is 6.92 Å². The molecule has 2 heterocycles. The Hall–Kier alpha value is -3.11. The zero-order chi connectivity index (χ0) is 22.8. The van der Waals surface area contributed by atoms with Crippen molar-refractivity contribution in [3.63, 3.8) is 0 Å². The molecule has 31 heavy (non-hydrogen) atoms. The van der Waals surface area contributed by atoms with E-state index in [2.05, 4.69) is 10.3 Å². The van der Waals surface area contributed by atoms with Crippen LogP contribution in [0.4, 0.5) is 14.5 Å². The number of hydrogen-bond donors (Lipinski definition) is 2. The quantitative estimate of drug-likeness (QED) is 0.691. The van der Waals surface area contributed by atoms with E-state index in [0.29, 0.717) is 12.0 Å². The van der Waals surface area contributed by atoms with Crippen LogP contribution >= 0.6 is 0 Å². The van der Waals surface area contributed by atoms with Crippen LogP contribution < -0.4 is 15.8 Å². The second kappa shape index (κ2) is 8.94. The van der Waals surface area contributed by atoms with Gasteiger partial charge in [0, 0.05) is 30.5 Å². The molecule has 1 fully saturated rings. The molecule has 1 aromatic carbocycles. The number of methoxy groups -OCH3 is 2. The van der Waals surface area contributed by atoms with Gasteiger partial charge in [0.15, 0.2) is 11.6 Å². The third-order valence-corrected chi connectivity index (χ3v) is 5.10. The Morgan fingerprint density at radius 2 is 2.06 bits per heavy atom. The zero-order valence-corrected chi connectivity index (χ0v) is 17.3. The maximum absolute atomic E-state index is 14.3. The summed E-state index contributed by atoms with van der Waals surface area (Å²) in [6, 6.07) is 5.18. The molecule has 2 aromatic rings. The average Bonchev–Trinajstić information content (AvgIpc) is 3.07. The molecular weight excluding hydrogens is 412 g/mol. The largest absolute Gasteiger partial charge is 0.493 e. The van der Waals surface area contributed by atoms with Gasteiger partial charge in [-0.15, -0.1) is 0 Å². The van der Waals surface area contributed by atoms with Crippen molar-refractivity contribution in [1.29, 1.82) is 0 Å². The maximum atomic E-state index is 14.3. The number of pyridine rings is 1. The number of hydrogen-bond acceptors (Lipinski definition) is 6. The lowest BCUT2D eigenvalue weighted by molar-refractivity contribution is -0.134. The molecule has 0 aliphatic carbocycles. The van der Waals surface area contributed by atoms with Crippen LogP contribution in [0.3, 0.4) is 0 Å². The molecule has 0 radical (unpaired) electrons. The molecule has 8 nitrogen and oxygen atoms in total. The van der Waals surface area contributed by atoms with Gasteiger partial charge in [-0.25, -0.2) is 4.39 Å². The summed E-state index contributed by atoms with van der Waals surface area (Å²) >= 11 is 0. The Morgan fingerprint density at radius 1 is 1.32 bits per heavy atom. The number of amides is 2. The van der Waals surface area contributed by atoms with Gasteiger partial charge in [0.1, 0.15) is 11.8 Å². The van der Waals surface area contributed by atoms with Gasteiger partial charge in [-0.3, -0.25) is 14.6 Å². The number of halogens is 2. The summed E-state index contributed by atoms with van der Waals surface area (Å²) in [5, 5.41) is 2.66. The van der Waals surface area contributed by atoms with Gasteiger partial charge in [0.2, 0.25) is 5.82 Å². The number of ether oxygens (including phenoxy) is 3. The summed E-state index contributed by atoms with van der Waals surface area (Å²) in [5.41, 5.74) is 4.94. The third kappa shape index (κ3) is 4.64. The molecule has 0 saturated carbocycles. The zero-order valence-electron chi connectivity index (χ0n) is 17.3. The topological polar surface area (TPSA) is 113 Å². The van der Waals surface area contributed by atoms with Crippen molar-refractivity contribution >= 4 is 17.5 Å². The van der Waals surface area contributed by atoms with Gasteiger partial charge in [-0.1, -0.05) is 6.07 Å². The van der Waals surface area contributed by atoms with Crippen molar-refractivity contribution in [1.82, 2.24) is 4.98 Å². The highest BCUT2D eigenvalue weighted by atomic mass is 19.2. The Kier molecular flexibility index (Phi) is 6.51. The van der Waals surface area contributed by atoms with E-state index in [4.69, 9.17) is 19.9 Å². The Balaban J connectivity index is 1.96. The molecule has 0 unspecified atom stereocenters. The molecule has 10 heteroatoms. The lowest BCUT2D eigenvalue weighted by atomic mass is 9.86. The lowest BCUT2D eigenvalue weighted by Crippen LogP contribution is -2.35. The first-order valence-electron chi connectivity index (χ1n) is 9.44. The molecule has 1 aromatic heterocycles. The summed E-state index contributed by atoms with van der Waals surface area (Å²) < 4.78 is 44.4. The van der Waals surface area contributed by atoms with Crippen molar-refractivity contribution in [2.45, 2.75) is 31.0 Å². The first kappa shape index (κ1) is 22.6. The first-order chi connectivity index (χ1) is 14.7. The number of nitrogens with one attached hydrogen (secondary N) is 1. The van der Waals surface area contributed by atoms with Gasteiger partial charge in [0.05, 0.1) is 19.3 Å². The van der Waals surface area contributed by atoms with Crippen LogP contribution in [-0.4, -0.2) is 49.3 Å². The Labute approximate surface area is 177 Å². The summed E-state index contributed by atoms with van der Waals surface area (Å²) in [7, 11) is 2.72. The van der Waals surface area contributed by atoms with Crippen LogP contribution in [0.25, 0.3) is 0 Å². The summed E-state index contributed by atoms with van der Waals surface area (Å²) in [6.45, 7) is 1.95. The van der Waals surface area contributed by atoms with Crippen LogP contribution in [0.15, 0.2) is 30.5 Å². The fourth-order valence-electron chi connectivity index (χ4n) is 3.82. The second-order valence-corrected chi connectivity index (χ2v) is 7.50. The van der Waals surface area contributed by atoms with E-state index in [1.807, 2.05) is 0 Å². The normalized spacial score (nSPS) is 22.9. The monoisotopic (exact) mass is 435 g/mol. The fraction of sp³-hybridized carbons (Fsp3) is 0.381. The van der Waals surface area contributed by atoms with Gasteiger partial charge >= 0.3 is 0 Å². The van der Waals surface area contributed by atoms with Gasteiger partial charge in [-0.2, -0.15) is 4.39 Å². The minimum atomic E-state index is -1.14. The number of primary amides is 1. The molecule has 1 aliphatic heterocycles. The summed E-state index contributed by atoms with van der Waals surface area (Å²) in [4.78, 5) is 28.3. The molecule has 3 atom stereocenters. The molecule has 166 valence electrons.